The van der Waals surface area contributed by atoms with Gasteiger partial charge < -0.3 is 5.11 Å². The highest BCUT2D eigenvalue weighted by Gasteiger charge is 2.17. The van der Waals surface area contributed by atoms with E-state index in [0.29, 0.717) is 5.82 Å². The lowest BCUT2D eigenvalue weighted by molar-refractivity contribution is 0.0683. The van der Waals surface area contributed by atoms with Crippen LogP contribution in [-0.2, 0) is 0 Å². The zero-order chi connectivity index (χ0) is 15.7. The van der Waals surface area contributed by atoms with E-state index >= 15 is 0 Å². The molecule has 1 N–H and O–H groups in total. The Morgan fingerprint density at radius 3 is 2.41 bits per heavy atom. The molecule has 3 aromatic rings. The number of rotatable bonds is 3. The predicted molar refractivity (Wildman–Crippen MR) is 83.2 cm³/mol. The molecule has 0 atom stereocenters. The summed E-state index contributed by atoms with van der Waals surface area (Å²) in [6.07, 6.45) is 0. The van der Waals surface area contributed by atoms with Crippen LogP contribution in [0.4, 0.5) is 0 Å². The molecule has 0 saturated heterocycles. The lowest BCUT2D eigenvalue weighted by atomic mass is 10.1. The molecule has 0 saturated carbocycles. The Balaban J connectivity index is 2.20. The zero-order valence-corrected chi connectivity index (χ0v) is 12.3. The maximum absolute atomic E-state index is 11.2. The Morgan fingerprint density at radius 1 is 1.05 bits per heavy atom. The van der Waals surface area contributed by atoms with Gasteiger partial charge in [-0.3, -0.25) is 0 Å². The minimum absolute atomic E-state index is 0.211. The molecule has 3 rings (SSSR count). The topological polar surface area (TPSA) is 68.0 Å². The molecular formula is C17H15N3O2. The number of hydrogen-bond acceptors (Lipinski definition) is 3. The maximum atomic E-state index is 11.2. The van der Waals surface area contributed by atoms with Crippen molar-refractivity contribution in [1.82, 2.24) is 14.8 Å². The highest BCUT2D eigenvalue weighted by Crippen LogP contribution is 2.22. The molecule has 1 aromatic heterocycles. The summed E-state index contributed by atoms with van der Waals surface area (Å²) in [5, 5.41) is 13.3. The first-order valence-electron chi connectivity index (χ1n) is 6.89. The molecule has 1 heterocycles. The molecule has 0 fully saturated rings. The van der Waals surface area contributed by atoms with Gasteiger partial charge in [-0.2, -0.15) is 0 Å². The molecule has 5 heteroatoms. The molecule has 2 aromatic carbocycles. The van der Waals surface area contributed by atoms with Gasteiger partial charge in [0.25, 0.3) is 5.82 Å². The quantitative estimate of drug-likeness (QED) is 0.805. The lowest BCUT2D eigenvalue weighted by Crippen LogP contribution is -2.02. The molecule has 0 aliphatic rings. The van der Waals surface area contributed by atoms with E-state index in [4.69, 9.17) is 0 Å². The van der Waals surface area contributed by atoms with Gasteiger partial charge in [-0.1, -0.05) is 42.0 Å². The molecule has 0 amide bonds. The molecule has 0 bridgehead atoms. The van der Waals surface area contributed by atoms with Gasteiger partial charge in [0.1, 0.15) is 0 Å². The fourth-order valence-corrected chi connectivity index (χ4v) is 2.23. The Kier molecular flexibility index (Phi) is 3.47. The average molecular weight is 293 g/mol. The SMILES string of the molecule is Cc1ccc(-c2nc(C(=O)O)nn2-c2cccc(C)c2)cc1. The van der Waals surface area contributed by atoms with Gasteiger partial charge in [0, 0.05) is 5.56 Å². The van der Waals surface area contributed by atoms with Gasteiger partial charge in [-0.15, -0.1) is 5.10 Å². The van der Waals surface area contributed by atoms with Crippen LogP contribution in [0.1, 0.15) is 21.7 Å². The summed E-state index contributed by atoms with van der Waals surface area (Å²) in [6, 6.07) is 15.5. The van der Waals surface area contributed by atoms with Gasteiger partial charge >= 0.3 is 5.97 Å². The van der Waals surface area contributed by atoms with E-state index in [1.807, 2.05) is 62.4 Å². The minimum atomic E-state index is -1.14. The highest BCUT2D eigenvalue weighted by atomic mass is 16.4. The lowest BCUT2D eigenvalue weighted by Gasteiger charge is -2.07. The summed E-state index contributed by atoms with van der Waals surface area (Å²) in [5.41, 5.74) is 3.81. The van der Waals surface area contributed by atoms with Gasteiger partial charge in [0.05, 0.1) is 5.69 Å². The van der Waals surface area contributed by atoms with Crippen LogP contribution in [0.5, 0.6) is 0 Å². The third kappa shape index (κ3) is 2.61. The second kappa shape index (κ2) is 5.44. The molecule has 0 aliphatic carbocycles. The number of carboxylic acids is 1. The average Bonchev–Trinajstić information content (AvgIpc) is 2.93. The first-order valence-corrected chi connectivity index (χ1v) is 6.89. The number of aromatic carboxylic acids is 1. The van der Waals surface area contributed by atoms with Crippen LogP contribution < -0.4 is 0 Å². The second-order valence-corrected chi connectivity index (χ2v) is 5.18. The summed E-state index contributed by atoms with van der Waals surface area (Å²) in [7, 11) is 0. The predicted octanol–water partition coefficient (Wildman–Crippen LogP) is 3.25. The Bertz CT molecular complexity index is 835. The second-order valence-electron chi connectivity index (χ2n) is 5.18. The van der Waals surface area contributed by atoms with Crippen LogP contribution in [0.25, 0.3) is 17.1 Å². The number of nitrogens with zero attached hydrogens (tertiary/aromatic N) is 3. The Labute approximate surface area is 127 Å². The van der Waals surface area contributed by atoms with Crippen molar-refractivity contribution >= 4 is 5.97 Å². The van der Waals surface area contributed by atoms with Crippen LogP contribution in [0.3, 0.4) is 0 Å². The smallest absolute Gasteiger partial charge is 0.375 e. The van der Waals surface area contributed by atoms with Gasteiger partial charge in [0.2, 0.25) is 0 Å². The van der Waals surface area contributed by atoms with Crippen molar-refractivity contribution in [1.29, 1.82) is 0 Å². The zero-order valence-electron chi connectivity index (χ0n) is 12.3. The molecular weight excluding hydrogens is 278 g/mol. The molecule has 0 aliphatic heterocycles. The molecule has 22 heavy (non-hydrogen) atoms. The molecule has 0 spiro atoms. The maximum Gasteiger partial charge on any atom is 0.375 e. The number of aryl methyl sites for hydroxylation is 2. The minimum Gasteiger partial charge on any atom is -0.475 e. The normalized spacial score (nSPS) is 10.6. The summed E-state index contributed by atoms with van der Waals surface area (Å²) in [5.74, 6) is -0.833. The van der Waals surface area contributed by atoms with E-state index in [-0.39, 0.29) is 5.82 Å². The molecule has 0 radical (unpaired) electrons. The van der Waals surface area contributed by atoms with Crippen LogP contribution in [0.2, 0.25) is 0 Å². The first-order chi connectivity index (χ1) is 10.5. The van der Waals surface area contributed by atoms with Crippen LogP contribution in [0, 0.1) is 13.8 Å². The molecule has 110 valence electrons. The van der Waals surface area contributed by atoms with Crippen LogP contribution >= 0.6 is 0 Å². The summed E-state index contributed by atoms with van der Waals surface area (Å²) in [4.78, 5) is 15.4. The first kappa shape index (κ1) is 14.0. The Hall–Kier alpha value is -2.95. The Morgan fingerprint density at radius 2 is 1.77 bits per heavy atom. The monoisotopic (exact) mass is 293 g/mol. The fourth-order valence-electron chi connectivity index (χ4n) is 2.23. The van der Waals surface area contributed by atoms with Gasteiger partial charge in [-0.05, 0) is 31.5 Å². The van der Waals surface area contributed by atoms with E-state index in [1.54, 1.807) is 4.68 Å². The van der Waals surface area contributed by atoms with Crippen molar-refractivity contribution in [3.05, 3.63) is 65.5 Å². The number of carbonyl (C=O) groups is 1. The van der Waals surface area contributed by atoms with Crippen LogP contribution in [0.15, 0.2) is 48.5 Å². The van der Waals surface area contributed by atoms with Crippen molar-refractivity contribution in [3.63, 3.8) is 0 Å². The summed E-state index contributed by atoms with van der Waals surface area (Å²) in [6.45, 7) is 3.97. The number of benzene rings is 2. The highest BCUT2D eigenvalue weighted by molar-refractivity contribution is 5.84. The number of aromatic nitrogens is 3. The molecule has 5 nitrogen and oxygen atoms in total. The van der Waals surface area contributed by atoms with Crippen molar-refractivity contribution in [2.45, 2.75) is 13.8 Å². The number of carboxylic acid groups (broad SMARTS) is 1. The van der Waals surface area contributed by atoms with E-state index < -0.39 is 5.97 Å². The largest absolute Gasteiger partial charge is 0.475 e. The van der Waals surface area contributed by atoms with Crippen molar-refractivity contribution < 1.29 is 9.90 Å². The van der Waals surface area contributed by atoms with Crippen molar-refractivity contribution in [2.24, 2.45) is 0 Å². The fraction of sp³-hybridized carbons (Fsp3) is 0.118. The standard InChI is InChI=1S/C17H15N3O2/c1-11-6-8-13(9-7-11)16-18-15(17(21)22)19-20(16)14-5-3-4-12(2)10-14/h3-10H,1-2H3,(H,21,22). The summed E-state index contributed by atoms with van der Waals surface area (Å²) >= 11 is 0. The van der Waals surface area contributed by atoms with Crippen LogP contribution in [-0.4, -0.2) is 25.8 Å². The van der Waals surface area contributed by atoms with Crippen molar-refractivity contribution in [3.8, 4) is 17.1 Å². The van der Waals surface area contributed by atoms with E-state index in [1.165, 1.54) is 0 Å². The molecule has 0 unspecified atom stereocenters. The van der Waals surface area contributed by atoms with Gasteiger partial charge in [-0.25, -0.2) is 14.5 Å². The number of hydrogen-bond donors (Lipinski definition) is 1. The third-order valence-corrected chi connectivity index (χ3v) is 3.35. The van der Waals surface area contributed by atoms with E-state index in [2.05, 4.69) is 10.1 Å². The van der Waals surface area contributed by atoms with Crippen molar-refractivity contribution in [2.75, 3.05) is 0 Å². The summed E-state index contributed by atoms with van der Waals surface area (Å²) < 4.78 is 1.57. The van der Waals surface area contributed by atoms with Gasteiger partial charge in [0.15, 0.2) is 5.82 Å². The third-order valence-electron chi connectivity index (χ3n) is 3.35. The van der Waals surface area contributed by atoms with E-state index in [9.17, 15) is 9.90 Å². The van der Waals surface area contributed by atoms with E-state index in [0.717, 1.165) is 22.4 Å².